The summed E-state index contributed by atoms with van der Waals surface area (Å²) in [7, 11) is 4.07. The maximum absolute atomic E-state index is 12.8. The maximum Gasteiger partial charge on any atom is 0.123 e. The molecule has 1 aromatic carbocycles. The van der Waals surface area contributed by atoms with Crippen LogP contribution >= 0.6 is 0 Å². The Labute approximate surface area is 104 Å². The number of benzene rings is 1. The Morgan fingerprint density at radius 3 is 2.29 bits per heavy atom. The lowest BCUT2D eigenvalue weighted by molar-refractivity contribution is 0.258. The lowest BCUT2D eigenvalue weighted by Gasteiger charge is -2.24. The molecule has 1 aromatic rings. The molecular formula is C14H23FN2. The molecule has 0 aliphatic heterocycles. The maximum atomic E-state index is 12.8. The second kappa shape index (κ2) is 6.72. The highest BCUT2D eigenvalue weighted by Crippen LogP contribution is 2.17. The predicted molar refractivity (Wildman–Crippen MR) is 70.6 cm³/mol. The standard InChI is InChI=1S/C14H23FN2/c1-11(2)17(4)10-9-14(16-3)12-5-7-13(15)8-6-12/h5-8,11,14,16H,9-10H2,1-4H3. The zero-order valence-electron chi connectivity index (χ0n) is 11.2. The SMILES string of the molecule is CNC(CCN(C)C(C)C)c1ccc(F)cc1. The molecule has 0 aliphatic carbocycles. The summed E-state index contributed by atoms with van der Waals surface area (Å²) in [4.78, 5) is 2.31. The molecule has 1 unspecified atom stereocenters. The lowest BCUT2D eigenvalue weighted by Crippen LogP contribution is -2.30. The molecule has 0 spiro atoms. The van der Waals surface area contributed by atoms with Crippen LogP contribution in [0.25, 0.3) is 0 Å². The van der Waals surface area contributed by atoms with Crippen molar-refractivity contribution in [2.24, 2.45) is 0 Å². The van der Waals surface area contributed by atoms with E-state index < -0.39 is 0 Å². The van der Waals surface area contributed by atoms with Crippen LogP contribution in [0.1, 0.15) is 31.9 Å². The van der Waals surface area contributed by atoms with Gasteiger partial charge < -0.3 is 10.2 Å². The van der Waals surface area contributed by atoms with Gasteiger partial charge in [0, 0.05) is 12.1 Å². The minimum atomic E-state index is -0.178. The first kappa shape index (κ1) is 14.1. The Kier molecular flexibility index (Phi) is 5.59. The largest absolute Gasteiger partial charge is 0.313 e. The van der Waals surface area contributed by atoms with E-state index in [4.69, 9.17) is 0 Å². The van der Waals surface area contributed by atoms with E-state index in [2.05, 4.69) is 31.1 Å². The molecule has 0 aromatic heterocycles. The van der Waals surface area contributed by atoms with Crippen molar-refractivity contribution >= 4 is 0 Å². The van der Waals surface area contributed by atoms with Gasteiger partial charge >= 0.3 is 0 Å². The van der Waals surface area contributed by atoms with Crippen LogP contribution < -0.4 is 5.32 Å². The van der Waals surface area contributed by atoms with Gasteiger partial charge in [0.1, 0.15) is 5.82 Å². The molecule has 0 fully saturated rings. The third-order valence-corrected chi connectivity index (χ3v) is 3.27. The van der Waals surface area contributed by atoms with Gasteiger partial charge in [-0.3, -0.25) is 0 Å². The van der Waals surface area contributed by atoms with Crippen molar-refractivity contribution in [2.45, 2.75) is 32.4 Å². The van der Waals surface area contributed by atoms with Gasteiger partial charge in [-0.2, -0.15) is 0 Å². The lowest BCUT2D eigenvalue weighted by atomic mass is 10.0. The fourth-order valence-electron chi connectivity index (χ4n) is 1.76. The number of nitrogens with one attached hydrogen (secondary N) is 1. The highest BCUT2D eigenvalue weighted by Gasteiger charge is 2.11. The molecule has 0 heterocycles. The normalized spacial score (nSPS) is 13.4. The van der Waals surface area contributed by atoms with Gasteiger partial charge in [0.25, 0.3) is 0 Å². The van der Waals surface area contributed by atoms with E-state index in [1.165, 1.54) is 12.1 Å². The summed E-state index contributed by atoms with van der Waals surface area (Å²) in [6.07, 6.45) is 1.02. The van der Waals surface area contributed by atoms with E-state index in [9.17, 15) is 4.39 Å². The molecule has 0 aliphatic rings. The molecule has 2 nitrogen and oxygen atoms in total. The Morgan fingerprint density at radius 2 is 1.82 bits per heavy atom. The van der Waals surface area contributed by atoms with Crippen LogP contribution in [0.3, 0.4) is 0 Å². The predicted octanol–water partition coefficient (Wildman–Crippen LogP) is 2.82. The van der Waals surface area contributed by atoms with Crippen LogP contribution in [-0.2, 0) is 0 Å². The topological polar surface area (TPSA) is 15.3 Å². The van der Waals surface area contributed by atoms with Crippen molar-refractivity contribution in [3.05, 3.63) is 35.6 Å². The molecule has 0 bridgehead atoms. The molecule has 0 radical (unpaired) electrons. The molecule has 0 amide bonds. The first-order valence-electron chi connectivity index (χ1n) is 6.17. The number of rotatable bonds is 6. The Morgan fingerprint density at radius 1 is 1.24 bits per heavy atom. The molecule has 0 saturated heterocycles. The number of nitrogens with zero attached hydrogens (tertiary/aromatic N) is 1. The summed E-state index contributed by atoms with van der Waals surface area (Å²) in [5.41, 5.74) is 1.14. The summed E-state index contributed by atoms with van der Waals surface area (Å²) in [5, 5.41) is 3.28. The fraction of sp³-hybridized carbons (Fsp3) is 0.571. The fourth-order valence-corrected chi connectivity index (χ4v) is 1.76. The Balaban J connectivity index is 2.57. The second-order valence-electron chi connectivity index (χ2n) is 4.76. The first-order valence-corrected chi connectivity index (χ1v) is 6.17. The van der Waals surface area contributed by atoms with Crippen molar-refractivity contribution in [3.63, 3.8) is 0 Å². The van der Waals surface area contributed by atoms with Gasteiger partial charge in [-0.1, -0.05) is 12.1 Å². The molecule has 0 saturated carbocycles. The second-order valence-corrected chi connectivity index (χ2v) is 4.76. The molecule has 1 N–H and O–H groups in total. The molecule has 1 atom stereocenters. The summed E-state index contributed by atoms with van der Waals surface area (Å²) in [5.74, 6) is -0.178. The van der Waals surface area contributed by atoms with Crippen molar-refractivity contribution in [2.75, 3.05) is 20.6 Å². The molecule has 96 valence electrons. The van der Waals surface area contributed by atoms with E-state index in [1.54, 1.807) is 0 Å². The van der Waals surface area contributed by atoms with E-state index in [0.29, 0.717) is 6.04 Å². The van der Waals surface area contributed by atoms with E-state index in [1.807, 2.05) is 19.2 Å². The van der Waals surface area contributed by atoms with Gasteiger partial charge in [0.05, 0.1) is 0 Å². The Hall–Kier alpha value is -0.930. The van der Waals surface area contributed by atoms with Gasteiger partial charge in [0.15, 0.2) is 0 Å². The van der Waals surface area contributed by atoms with Crippen LogP contribution in [-0.4, -0.2) is 31.6 Å². The number of halogens is 1. The van der Waals surface area contributed by atoms with Gasteiger partial charge in [0.2, 0.25) is 0 Å². The molecule has 1 rings (SSSR count). The van der Waals surface area contributed by atoms with Crippen molar-refractivity contribution in [1.29, 1.82) is 0 Å². The van der Waals surface area contributed by atoms with E-state index in [-0.39, 0.29) is 11.9 Å². The summed E-state index contributed by atoms with van der Waals surface area (Å²) in [6, 6.07) is 7.59. The van der Waals surface area contributed by atoms with E-state index >= 15 is 0 Å². The van der Waals surface area contributed by atoms with Crippen LogP contribution in [0, 0.1) is 5.82 Å². The average molecular weight is 238 g/mol. The smallest absolute Gasteiger partial charge is 0.123 e. The number of hydrogen-bond donors (Lipinski definition) is 1. The molecule has 17 heavy (non-hydrogen) atoms. The van der Waals surface area contributed by atoms with E-state index in [0.717, 1.165) is 18.5 Å². The minimum absolute atomic E-state index is 0.178. The Bertz CT molecular complexity index is 321. The highest BCUT2D eigenvalue weighted by atomic mass is 19.1. The molecule has 3 heteroatoms. The van der Waals surface area contributed by atoms with Gasteiger partial charge in [-0.05, 0) is 58.6 Å². The average Bonchev–Trinajstić information content (AvgIpc) is 2.31. The van der Waals surface area contributed by atoms with Crippen molar-refractivity contribution < 1.29 is 4.39 Å². The van der Waals surface area contributed by atoms with Crippen molar-refractivity contribution in [3.8, 4) is 0 Å². The third-order valence-electron chi connectivity index (χ3n) is 3.27. The third kappa shape index (κ3) is 4.44. The van der Waals surface area contributed by atoms with Crippen molar-refractivity contribution in [1.82, 2.24) is 10.2 Å². The van der Waals surface area contributed by atoms with Gasteiger partial charge in [-0.25, -0.2) is 4.39 Å². The zero-order valence-corrected chi connectivity index (χ0v) is 11.2. The monoisotopic (exact) mass is 238 g/mol. The van der Waals surface area contributed by atoms with Gasteiger partial charge in [-0.15, -0.1) is 0 Å². The minimum Gasteiger partial charge on any atom is -0.313 e. The quantitative estimate of drug-likeness (QED) is 0.820. The van der Waals surface area contributed by atoms with Crippen LogP contribution in [0.5, 0.6) is 0 Å². The van der Waals surface area contributed by atoms with Crippen LogP contribution in [0.2, 0.25) is 0 Å². The summed E-state index contributed by atoms with van der Waals surface area (Å²) >= 11 is 0. The van der Waals surface area contributed by atoms with Crippen LogP contribution in [0.15, 0.2) is 24.3 Å². The first-order chi connectivity index (χ1) is 8.04. The number of hydrogen-bond acceptors (Lipinski definition) is 2. The van der Waals surface area contributed by atoms with Crippen LogP contribution in [0.4, 0.5) is 4.39 Å². The highest BCUT2D eigenvalue weighted by molar-refractivity contribution is 5.19. The summed E-state index contributed by atoms with van der Waals surface area (Å²) in [6.45, 7) is 5.40. The summed E-state index contributed by atoms with van der Waals surface area (Å²) < 4.78 is 12.8. The molecular weight excluding hydrogens is 215 g/mol. The zero-order chi connectivity index (χ0) is 12.8.